The predicted molar refractivity (Wildman–Crippen MR) is 115 cm³/mol. The van der Waals surface area contributed by atoms with E-state index in [1.54, 1.807) is 6.07 Å². The summed E-state index contributed by atoms with van der Waals surface area (Å²) in [5.74, 6) is 0.302. The highest BCUT2D eigenvalue weighted by Crippen LogP contribution is 2.15. The average molecular weight is 473 g/mol. The lowest BCUT2D eigenvalue weighted by Crippen LogP contribution is -2.22. The van der Waals surface area contributed by atoms with Crippen LogP contribution in [0, 0.1) is 13.8 Å². The van der Waals surface area contributed by atoms with Crippen LogP contribution in [0.25, 0.3) is 0 Å². The number of halogens is 1. The minimum Gasteiger partial charge on any atom is -0.370 e. The molecular weight excluding hydrogens is 449 g/mol. The lowest BCUT2D eigenvalue weighted by atomic mass is 10.1. The van der Waals surface area contributed by atoms with Crippen molar-refractivity contribution in [3.8, 4) is 0 Å². The van der Waals surface area contributed by atoms with Crippen LogP contribution in [-0.2, 0) is 22.1 Å². The molecule has 0 unspecified atom stereocenters. The van der Waals surface area contributed by atoms with E-state index in [4.69, 9.17) is 5.73 Å². The zero-order valence-corrected chi connectivity index (χ0v) is 17.8. The standard InChI is InChI=1S/C18H23N3O2S.HI/c1-13-8-9-17(10-14(13)2)21-18(19)20-11-15-6-4-5-7-16(15)12-24(3,22)23;/h4-10H,11-12H2,1-3H3,(H3,19,20,21);1H. The smallest absolute Gasteiger partial charge is 0.193 e. The first kappa shape index (κ1) is 21.4. The van der Waals surface area contributed by atoms with Crippen molar-refractivity contribution in [2.75, 3.05) is 11.6 Å². The van der Waals surface area contributed by atoms with E-state index < -0.39 is 9.84 Å². The second kappa shape index (κ2) is 9.19. The first-order chi connectivity index (χ1) is 11.2. The molecule has 0 amide bonds. The van der Waals surface area contributed by atoms with Crippen LogP contribution in [0.3, 0.4) is 0 Å². The highest BCUT2D eigenvalue weighted by Gasteiger charge is 2.08. The van der Waals surface area contributed by atoms with Crippen molar-refractivity contribution < 1.29 is 8.42 Å². The number of sulfone groups is 1. The minimum atomic E-state index is -3.09. The molecule has 0 aliphatic carbocycles. The third-order valence-corrected chi connectivity index (χ3v) is 4.57. The van der Waals surface area contributed by atoms with Crippen LogP contribution in [-0.4, -0.2) is 20.6 Å². The van der Waals surface area contributed by atoms with Crippen molar-refractivity contribution in [3.05, 3.63) is 64.7 Å². The van der Waals surface area contributed by atoms with Crippen LogP contribution in [0.1, 0.15) is 22.3 Å². The second-order valence-electron chi connectivity index (χ2n) is 5.96. The summed E-state index contributed by atoms with van der Waals surface area (Å²) in [4.78, 5) is 4.32. The SMILES string of the molecule is Cc1ccc(NC(N)=NCc2ccccc2CS(C)(=O)=O)cc1C.I. The number of hydrogen-bond donors (Lipinski definition) is 2. The number of rotatable bonds is 5. The fourth-order valence-electron chi connectivity index (χ4n) is 2.31. The molecule has 0 atom stereocenters. The summed E-state index contributed by atoms with van der Waals surface area (Å²) in [5, 5.41) is 3.06. The maximum atomic E-state index is 11.5. The van der Waals surface area contributed by atoms with Crippen LogP contribution in [0.4, 0.5) is 5.69 Å². The fourth-order valence-corrected chi connectivity index (χ4v) is 3.16. The van der Waals surface area contributed by atoms with E-state index in [9.17, 15) is 8.42 Å². The van der Waals surface area contributed by atoms with Crippen molar-refractivity contribution in [1.29, 1.82) is 0 Å². The van der Waals surface area contributed by atoms with Crippen LogP contribution in [0.15, 0.2) is 47.5 Å². The Morgan fingerprint density at radius 1 is 1.08 bits per heavy atom. The Kier molecular flexibility index (Phi) is 7.88. The maximum absolute atomic E-state index is 11.5. The van der Waals surface area contributed by atoms with Gasteiger partial charge in [0.2, 0.25) is 0 Å². The molecule has 0 radical (unpaired) electrons. The van der Waals surface area contributed by atoms with Crippen molar-refractivity contribution in [2.45, 2.75) is 26.1 Å². The number of nitrogens with zero attached hydrogens (tertiary/aromatic N) is 1. The van der Waals surface area contributed by atoms with Crippen LogP contribution in [0.2, 0.25) is 0 Å². The molecule has 2 aromatic carbocycles. The number of hydrogen-bond acceptors (Lipinski definition) is 3. The van der Waals surface area contributed by atoms with Gasteiger partial charge in [-0.25, -0.2) is 13.4 Å². The van der Waals surface area contributed by atoms with E-state index in [-0.39, 0.29) is 29.7 Å². The maximum Gasteiger partial charge on any atom is 0.193 e. The third-order valence-electron chi connectivity index (χ3n) is 3.74. The molecule has 0 saturated carbocycles. The molecule has 0 aromatic heterocycles. The fraction of sp³-hybridized carbons (Fsp3) is 0.278. The molecule has 0 spiro atoms. The van der Waals surface area contributed by atoms with Gasteiger partial charge >= 0.3 is 0 Å². The van der Waals surface area contributed by atoms with Crippen molar-refractivity contribution in [3.63, 3.8) is 0 Å². The van der Waals surface area contributed by atoms with Gasteiger partial charge in [-0.3, -0.25) is 0 Å². The summed E-state index contributed by atoms with van der Waals surface area (Å²) < 4.78 is 23.0. The van der Waals surface area contributed by atoms with Gasteiger partial charge in [0.05, 0.1) is 12.3 Å². The number of guanidine groups is 1. The molecule has 0 heterocycles. The Bertz CT molecular complexity index is 864. The number of nitrogens with two attached hydrogens (primary N) is 1. The Morgan fingerprint density at radius 3 is 2.32 bits per heavy atom. The monoisotopic (exact) mass is 473 g/mol. The first-order valence-corrected chi connectivity index (χ1v) is 9.69. The summed E-state index contributed by atoms with van der Waals surface area (Å²) in [5.41, 5.74) is 10.8. The van der Waals surface area contributed by atoms with Crippen molar-refractivity contribution in [2.24, 2.45) is 10.7 Å². The van der Waals surface area contributed by atoms with Gasteiger partial charge in [-0.1, -0.05) is 30.3 Å². The van der Waals surface area contributed by atoms with Crippen LogP contribution >= 0.6 is 24.0 Å². The van der Waals surface area contributed by atoms with Gasteiger partial charge in [-0.05, 0) is 48.2 Å². The highest BCUT2D eigenvalue weighted by molar-refractivity contribution is 14.0. The molecule has 2 rings (SSSR count). The molecule has 0 saturated heterocycles. The summed E-state index contributed by atoms with van der Waals surface area (Å²) in [6, 6.07) is 13.3. The number of aryl methyl sites for hydroxylation is 2. The highest BCUT2D eigenvalue weighted by atomic mass is 127. The molecule has 0 aliphatic rings. The number of aliphatic imine (C=N–C) groups is 1. The molecule has 25 heavy (non-hydrogen) atoms. The second-order valence-corrected chi connectivity index (χ2v) is 8.10. The molecule has 2 aromatic rings. The van der Waals surface area contributed by atoms with Gasteiger partial charge in [0.15, 0.2) is 15.8 Å². The molecular formula is C18H24IN3O2S. The van der Waals surface area contributed by atoms with Crippen molar-refractivity contribution >= 4 is 45.5 Å². The van der Waals surface area contributed by atoms with E-state index in [1.165, 1.54) is 17.4 Å². The first-order valence-electron chi connectivity index (χ1n) is 7.63. The largest absolute Gasteiger partial charge is 0.370 e. The van der Waals surface area contributed by atoms with E-state index in [2.05, 4.69) is 17.2 Å². The number of anilines is 1. The zero-order valence-electron chi connectivity index (χ0n) is 14.6. The number of nitrogens with one attached hydrogen (secondary N) is 1. The lowest BCUT2D eigenvalue weighted by molar-refractivity contribution is 0.601. The Labute approximate surface area is 166 Å². The van der Waals surface area contributed by atoms with Gasteiger partial charge in [-0.2, -0.15) is 0 Å². The lowest BCUT2D eigenvalue weighted by Gasteiger charge is -2.09. The Morgan fingerprint density at radius 2 is 1.72 bits per heavy atom. The van der Waals surface area contributed by atoms with Crippen LogP contribution in [0.5, 0.6) is 0 Å². The summed E-state index contributed by atoms with van der Waals surface area (Å²) in [6.45, 7) is 4.42. The molecule has 0 fully saturated rings. The van der Waals surface area contributed by atoms with Gasteiger partial charge < -0.3 is 11.1 Å². The Hall–Kier alpha value is -1.61. The summed E-state index contributed by atoms with van der Waals surface area (Å²) >= 11 is 0. The third kappa shape index (κ3) is 7.03. The van der Waals surface area contributed by atoms with E-state index in [0.717, 1.165) is 16.8 Å². The van der Waals surface area contributed by atoms with Crippen molar-refractivity contribution in [1.82, 2.24) is 0 Å². The van der Waals surface area contributed by atoms with Gasteiger partial charge in [0.25, 0.3) is 0 Å². The summed E-state index contributed by atoms with van der Waals surface area (Å²) in [6.07, 6.45) is 1.22. The molecule has 136 valence electrons. The number of benzene rings is 2. The average Bonchev–Trinajstić information content (AvgIpc) is 2.48. The zero-order chi connectivity index (χ0) is 17.7. The minimum absolute atomic E-state index is 0. The molecule has 0 bridgehead atoms. The molecule has 7 heteroatoms. The Balaban J connectivity index is 0.00000312. The quantitative estimate of drug-likeness (QED) is 0.396. The van der Waals surface area contributed by atoms with Crippen LogP contribution < -0.4 is 11.1 Å². The van der Waals surface area contributed by atoms with Gasteiger partial charge in [-0.15, -0.1) is 24.0 Å². The summed E-state index contributed by atoms with van der Waals surface area (Å²) in [7, 11) is -3.09. The van der Waals surface area contributed by atoms with Gasteiger partial charge in [0, 0.05) is 11.9 Å². The van der Waals surface area contributed by atoms with Gasteiger partial charge in [0.1, 0.15) is 0 Å². The predicted octanol–water partition coefficient (Wildman–Crippen LogP) is 3.39. The van der Waals surface area contributed by atoms with E-state index in [1.807, 2.05) is 43.3 Å². The van der Waals surface area contributed by atoms with E-state index in [0.29, 0.717) is 12.5 Å². The molecule has 0 aliphatic heterocycles. The topological polar surface area (TPSA) is 84.5 Å². The normalized spacial score (nSPS) is 11.7. The van der Waals surface area contributed by atoms with E-state index >= 15 is 0 Å². The molecule has 3 N–H and O–H groups in total. The molecule has 5 nitrogen and oxygen atoms in total.